The number of hydrogen-bond acceptors (Lipinski definition) is 4. The molecule has 6 nitrogen and oxygen atoms in total. The van der Waals surface area contributed by atoms with Gasteiger partial charge in [0, 0.05) is 13.1 Å². The molecule has 22 heavy (non-hydrogen) atoms. The first-order valence-corrected chi connectivity index (χ1v) is 8.25. The van der Waals surface area contributed by atoms with Crippen molar-refractivity contribution in [2.24, 2.45) is 0 Å². The average Bonchev–Trinajstić information content (AvgIpc) is 2.46. The van der Waals surface area contributed by atoms with Crippen molar-refractivity contribution in [1.29, 1.82) is 0 Å². The standard InChI is InChI=1S/C14H21FN2O4S/c1-5-10(2)16-14(18)9-17(3)22(19,20)13-8-11(15)6-7-12(13)21-4/h6-8,10H,5,9H2,1-4H3,(H,16,18)/t10-/m1/s1. The summed E-state index contributed by atoms with van der Waals surface area (Å²) < 4.78 is 44.1. The molecule has 8 heteroatoms. The Morgan fingerprint density at radius 1 is 1.45 bits per heavy atom. The minimum absolute atomic E-state index is 0.0237. The van der Waals surface area contributed by atoms with E-state index < -0.39 is 21.7 Å². The van der Waals surface area contributed by atoms with Crippen molar-refractivity contribution in [1.82, 2.24) is 9.62 Å². The van der Waals surface area contributed by atoms with Crippen LogP contribution >= 0.6 is 0 Å². The van der Waals surface area contributed by atoms with E-state index in [0.29, 0.717) is 0 Å². The number of ether oxygens (including phenoxy) is 1. The summed E-state index contributed by atoms with van der Waals surface area (Å²) >= 11 is 0. The third-order valence-electron chi connectivity index (χ3n) is 3.20. The Labute approximate surface area is 130 Å². The van der Waals surface area contributed by atoms with Gasteiger partial charge in [0.25, 0.3) is 0 Å². The lowest BCUT2D eigenvalue weighted by Gasteiger charge is -2.19. The number of sulfonamides is 1. The van der Waals surface area contributed by atoms with E-state index in [-0.39, 0.29) is 23.2 Å². The Bertz CT molecular complexity index is 634. The zero-order valence-corrected chi connectivity index (χ0v) is 13.9. The van der Waals surface area contributed by atoms with Gasteiger partial charge in [-0.1, -0.05) is 6.92 Å². The molecule has 0 aromatic heterocycles. The van der Waals surface area contributed by atoms with E-state index in [0.717, 1.165) is 22.9 Å². The number of nitrogens with one attached hydrogen (secondary N) is 1. The fourth-order valence-electron chi connectivity index (χ4n) is 1.73. The number of benzene rings is 1. The third-order valence-corrected chi connectivity index (χ3v) is 5.02. The van der Waals surface area contributed by atoms with Gasteiger partial charge in [0.2, 0.25) is 15.9 Å². The molecule has 0 aliphatic rings. The number of nitrogens with zero attached hydrogens (tertiary/aromatic N) is 1. The van der Waals surface area contributed by atoms with E-state index >= 15 is 0 Å². The van der Waals surface area contributed by atoms with Gasteiger partial charge in [0.05, 0.1) is 13.7 Å². The molecule has 124 valence electrons. The van der Waals surface area contributed by atoms with Gasteiger partial charge in [-0.15, -0.1) is 0 Å². The van der Waals surface area contributed by atoms with Crippen molar-refractivity contribution in [2.45, 2.75) is 31.2 Å². The normalized spacial score (nSPS) is 13.0. The van der Waals surface area contributed by atoms with Crippen LogP contribution in [0.2, 0.25) is 0 Å². The van der Waals surface area contributed by atoms with Crippen LogP contribution in [-0.4, -0.2) is 45.4 Å². The molecule has 1 rings (SSSR count). The molecule has 1 aromatic carbocycles. The fourth-order valence-corrected chi connectivity index (χ4v) is 3.02. The van der Waals surface area contributed by atoms with Gasteiger partial charge in [-0.3, -0.25) is 4.79 Å². The Hall–Kier alpha value is -1.67. The van der Waals surface area contributed by atoms with E-state index in [1.165, 1.54) is 20.2 Å². The van der Waals surface area contributed by atoms with Crippen molar-refractivity contribution in [3.05, 3.63) is 24.0 Å². The number of hydrogen-bond donors (Lipinski definition) is 1. The Morgan fingerprint density at radius 3 is 2.64 bits per heavy atom. The quantitative estimate of drug-likeness (QED) is 0.818. The summed E-state index contributed by atoms with van der Waals surface area (Å²) in [4.78, 5) is 11.5. The number of carbonyl (C=O) groups is 1. The van der Waals surface area contributed by atoms with Gasteiger partial charge in [-0.05, 0) is 31.5 Å². The van der Waals surface area contributed by atoms with Crippen LogP contribution in [0.5, 0.6) is 5.75 Å². The van der Waals surface area contributed by atoms with Crippen LogP contribution in [-0.2, 0) is 14.8 Å². The molecule has 0 aliphatic carbocycles. The molecule has 0 radical (unpaired) electrons. The summed E-state index contributed by atoms with van der Waals surface area (Å²) in [6.45, 7) is 3.37. The number of likely N-dealkylation sites (N-methyl/N-ethyl adjacent to an activating group) is 1. The Kier molecular flexibility index (Phi) is 6.31. The van der Waals surface area contributed by atoms with Gasteiger partial charge < -0.3 is 10.1 Å². The molecule has 1 amide bonds. The second kappa shape index (κ2) is 7.55. The lowest BCUT2D eigenvalue weighted by molar-refractivity contribution is -0.121. The summed E-state index contributed by atoms with van der Waals surface area (Å²) in [6.07, 6.45) is 0.736. The SMILES string of the molecule is CC[C@@H](C)NC(=O)CN(C)S(=O)(=O)c1cc(F)ccc1OC. The molecule has 0 spiro atoms. The summed E-state index contributed by atoms with van der Waals surface area (Å²) in [5.74, 6) is -1.09. The van der Waals surface area contributed by atoms with Crippen molar-refractivity contribution in [2.75, 3.05) is 20.7 Å². The van der Waals surface area contributed by atoms with E-state index in [4.69, 9.17) is 4.74 Å². The second-order valence-corrected chi connectivity index (χ2v) is 6.95. The summed E-state index contributed by atoms with van der Waals surface area (Å²) in [5, 5.41) is 2.67. The molecule has 1 N–H and O–H groups in total. The fraction of sp³-hybridized carbons (Fsp3) is 0.500. The highest BCUT2D eigenvalue weighted by Gasteiger charge is 2.27. The first-order chi connectivity index (χ1) is 10.2. The predicted molar refractivity (Wildman–Crippen MR) is 80.7 cm³/mol. The number of methoxy groups -OCH3 is 1. The maximum atomic E-state index is 13.3. The molecule has 0 unspecified atom stereocenters. The topological polar surface area (TPSA) is 75.7 Å². The highest BCUT2D eigenvalue weighted by molar-refractivity contribution is 7.89. The molecular weight excluding hydrogens is 311 g/mol. The van der Waals surface area contributed by atoms with Gasteiger partial charge >= 0.3 is 0 Å². The second-order valence-electron chi connectivity index (χ2n) is 4.93. The smallest absolute Gasteiger partial charge is 0.247 e. The predicted octanol–water partition coefficient (Wildman–Crippen LogP) is 1.37. The average molecular weight is 332 g/mol. The van der Waals surface area contributed by atoms with Crippen molar-refractivity contribution in [3.8, 4) is 5.75 Å². The van der Waals surface area contributed by atoms with Crippen LogP contribution in [0.25, 0.3) is 0 Å². The summed E-state index contributed by atoms with van der Waals surface area (Å²) in [6, 6.07) is 3.16. The van der Waals surface area contributed by atoms with Gasteiger partial charge in [0.1, 0.15) is 16.5 Å². The highest BCUT2D eigenvalue weighted by Crippen LogP contribution is 2.26. The maximum absolute atomic E-state index is 13.3. The number of halogens is 1. The minimum Gasteiger partial charge on any atom is -0.495 e. The van der Waals surface area contributed by atoms with E-state index in [1.54, 1.807) is 0 Å². The molecule has 0 heterocycles. The Morgan fingerprint density at radius 2 is 2.09 bits per heavy atom. The Balaban J connectivity index is 2.99. The van der Waals surface area contributed by atoms with Gasteiger partial charge in [-0.2, -0.15) is 4.31 Å². The van der Waals surface area contributed by atoms with Crippen molar-refractivity contribution < 1.29 is 22.3 Å². The number of rotatable bonds is 7. The zero-order valence-electron chi connectivity index (χ0n) is 13.1. The van der Waals surface area contributed by atoms with Crippen LogP contribution in [0.1, 0.15) is 20.3 Å². The van der Waals surface area contributed by atoms with Crippen LogP contribution in [0.15, 0.2) is 23.1 Å². The van der Waals surface area contributed by atoms with E-state index in [1.807, 2.05) is 13.8 Å². The molecule has 0 saturated carbocycles. The molecule has 0 fully saturated rings. The van der Waals surface area contributed by atoms with Crippen LogP contribution in [0, 0.1) is 5.82 Å². The minimum atomic E-state index is -4.03. The van der Waals surface area contributed by atoms with E-state index in [9.17, 15) is 17.6 Å². The molecule has 0 aliphatic heterocycles. The summed E-state index contributed by atoms with van der Waals surface area (Å²) in [5.41, 5.74) is 0. The maximum Gasteiger partial charge on any atom is 0.247 e. The van der Waals surface area contributed by atoms with Crippen LogP contribution < -0.4 is 10.1 Å². The van der Waals surface area contributed by atoms with Gasteiger partial charge in [0.15, 0.2) is 0 Å². The highest BCUT2D eigenvalue weighted by atomic mass is 32.2. The van der Waals surface area contributed by atoms with Crippen LogP contribution in [0.4, 0.5) is 4.39 Å². The first-order valence-electron chi connectivity index (χ1n) is 6.81. The van der Waals surface area contributed by atoms with Gasteiger partial charge in [-0.25, -0.2) is 12.8 Å². The molecule has 1 aromatic rings. The third kappa shape index (κ3) is 4.41. The number of carbonyl (C=O) groups excluding carboxylic acids is 1. The molecule has 0 saturated heterocycles. The monoisotopic (exact) mass is 332 g/mol. The number of amides is 1. The molecule has 1 atom stereocenters. The van der Waals surface area contributed by atoms with Crippen LogP contribution in [0.3, 0.4) is 0 Å². The van der Waals surface area contributed by atoms with E-state index in [2.05, 4.69) is 5.32 Å². The van der Waals surface area contributed by atoms with Crippen molar-refractivity contribution >= 4 is 15.9 Å². The largest absolute Gasteiger partial charge is 0.495 e. The first kappa shape index (κ1) is 18.4. The lowest BCUT2D eigenvalue weighted by atomic mass is 10.2. The summed E-state index contributed by atoms with van der Waals surface area (Å²) in [7, 11) is -1.48. The lowest BCUT2D eigenvalue weighted by Crippen LogP contribution is -2.41. The zero-order chi connectivity index (χ0) is 16.9. The molecular formula is C14H21FN2O4S. The molecule has 0 bridgehead atoms. The van der Waals surface area contributed by atoms with Crippen molar-refractivity contribution in [3.63, 3.8) is 0 Å².